The highest BCUT2D eigenvalue weighted by atomic mass is 16.5. The summed E-state index contributed by atoms with van der Waals surface area (Å²) in [5.74, 6) is 0.919. The van der Waals surface area contributed by atoms with E-state index in [0.717, 1.165) is 13.0 Å². The Morgan fingerprint density at radius 3 is 3.00 bits per heavy atom. The molecule has 2 N–H and O–H groups in total. The molecule has 5 heteroatoms. The van der Waals surface area contributed by atoms with Crippen LogP contribution in [0.1, 0.15) is 23.7 Å². The number of hydrogen-bond donors (Lipinski definition) is 1. The molecule has 1 atom stereocenters. The maximum Gasteiger partial charge on any atom is 0.259 e. The number of nitrogen functional groups attached to an aromatic ring is 1. The molecule has 1 fully saturated rings. The van der Waals surface area contributed by atoms with Crippen molar-refractivity contribution in [2.75, 3.05) is 39.1 Å². The number of hydrogen-bond acceptors (Lipinski definition) is 4. The van der Waals surface area contributed by atoms with Crippen LogP contribution in [-0.4, -0.2) is 44.2 Å². The summed E-state index contributed by atoms with van der Waals surface area (Å²) in [6, 6.07) is 5.32. The van der Waals surface area contributed by atoms with Gasteiger partial charge in [0, 0.05) is 31.8 Å². The van der Waals surface area contributed by atoms with E-state index >= 15 is 0 Å². The molecule has 1 aliphatic heterocycles. The summed E-state index contributed by atoms with van der Waals surface area (Å²) in [5, 5.41) is 0. The molecule has 1 aromatic rings. The second-order valence-electron chi connectivity index (χ2n) is 5.01. The maximum absolute atomic E-state index is 12.6. The third-order valence-electron chi connectivity index (χ3n) is 3.55. The van der Waals surface area contributed by atoms with Gasteiger partial charge in [0.05, 0.1) is 13.2 Å². The Labute approximate surface area is 119 Å². The molecule has 0 spiro atoms. The van der Waals surface area contributed by atoms with E-state index in [9.17, 15) is 4.79 Å². The van der Waals surface area contributed by atoms with Crippen LogP contribution in [0.3, 0.4) is 0 Å². The molecule has 1 amide bonds. The van der Waals surface area contributed by atoms with E-state index in [1.165, 1.54) is 0 Å². The van der Waals surface area contributed by atoms with Gasteiger partial charge in [-0.3, -0.25) is 4.79 Å². The van der Waals surface area contributed by atoms with Gasteiger partial charge in [0.25, 0.3) is 5.91 Å². The Kier molecular flexibility index (Phi) is 4.84. The summed E-state index contributed by atoms with van der Waals surface area (Å²) >= 11 is 0. The van der Waals surface area contributed by atoms with Crippen molar-refractivity contribution in [3.05, 3.63) is 23.8 Å². The van der Waals surface area contributed by atoms with Crippen molar-refractivity contribution in [3.63, 3.8) is 0 Å². The third kappa shape index (κ3) is 3.04. The fraction of sp³-hybridized carbons (Fsp3) is 0.533. The minimum absolute atomic E-state index is 0.0508. The van der Waals surface area contributed by atoms with Gasteiger partial charge in [-0.2, -0.15) is 0 Å². The smallest absolute Gasteiger partial charge is 0.259 e. The Balaban J connectivity index is 2.17. The Hall–Kier alpha value is -1.75. The number of nitrogens with zero attached hydrogens (tertiary/aromatic N) is 1. The topological polar surface area (TPSA) is 64.8 Å². The first kappa shape index (κ1) is 14.7. The lowest BCUT2D eigenvalue weighted by molar-refractivity contribution is 0.0772. The molecule has 5 nitrogen and oxygen atoms in total. The number of methoxy groups -OCH3 is 1. The molecule has 0 radical (unpaired) electrons. The largest absolute Gasteiger partial charge is 0.493 e. The standard InChI is InChI=1S/C15H22N2O3/c1-3-20-13-6-4-5-12(16)14(13)15(18)17-8-7-11(9-17)10-19-2/h4-6,11H,3,7-10,16H2,1-2H3. The molecule has 1 aliphatic rings. The van der Waals surface area contributed by atoms with Crippen molar-refractivity contribution in [3.8, 4) is 5.75 Å². The van der Waals surface area contributed by atoms with E-state index in [4.69, 9.17) is 15.2 Å². The first-order valence-electron chi connectivity index (χ1n) is 6.96. The molecule has 0 aromatic heterocycles. The lowest BCUT2D eigenvalue weighted by Crippen LogP contribution is -2.30. The first-order valence-corrected chi connectivity index (χ1v) is 6.96. The van der Waals surface area contributed by atoms with Crippen LogP contribution in [-0.2, 0) is 4.74 Å². The van der Waals surface area contributed by atoms with E-state index < -0.39 is 0 Å². The van der Waals surface area contributed by atoms with Crippen molar-refractivity contribution >= 4 is 11.6 Å². The van der Waals surface area contributed by atoms with E-state index in [-0.39, 0.29) is 5.91 Å². The SMILES string of the molecule is CCOc1cccc(N)c1C(=O)N1CCC(COC)C1. The Morgan fingerprint density at radius 2 is 2.30 bits per heavy atom. The van der Waals surface area contributed by atoms with Gasteiger partial charge in [0.15, 0.2) is 0 Å². The third-order valence-corrected chi connectivity index (χ3v) is 3.55. The zero-order valence-corrected chi connectivity index (χ0v) is 12.1. The van der Waals surface area contributed by atoms with Crippen molar-refractivity contribution in [2.45, 2.75) is 13.3 Å². The number of rotatable bonds is 5. The normalized spacial score (nSPS) is 18.3. The second kappa shape index (κ2) is 6.61. The Bertz CT molecular complexity index is 476. The van der Waals surface area contributed by atoms with E-state index in [1.54, 1.807) is 25.3 Å². The van der Waals surface area contributed by atoms with Crippen LogP contribution in [0.15, 0.2) is 18.2 Å². The molecule has 2 rings (SSSR count). The van der Waals surface area contributed by atoms with E-state index in [0.29, 0.717) is 42.7 Å². The van der Waals surface area contributed by atoms with E-state index in [1.807, 2.05) is 11.8 Å². The number of nitrogens with two attached hydrogens (primary N) is 1. The van der Waals surface area contributed by atoms with Gasteiger partial charge < -0.3 is 20.1 Å². The highest BCUT2D eigenvalue weighted by Gasteiger charge is 2.29. The molecule has 0 bridgehead atoms. The molecule has 110 valence electrons. The monoisotopic (exact) mass is 278 g/mol. The highest BCUT2D eigenvalue weighted by Crippen LogP contribution is 2.28. The first-order chi connectivity index (χ1) is 9.67. The predicted molar refractivity (Wildman–Crippen MR) is 77.9 cm³/mol. The lowest BCUT2D eigenvalue weighted by atomic mass is 10.1. The van der Waals surface area contributed by atoms with Crippen LogP contribution in [0.5, 0.6) is 5.75 Å². The number of likely N-dealkylation sites (tertiary alicyclic amines) is 1. The number of ether oxygens (including phenoxy) is 2. The zero-order chi connectivity index (χ0) is 14.5. The molecule has 1 aromatic carbocycles. The van der Waals surface area contributed by atoms with E-state index in [2.05, 4.69) is 0 Å². The van der Waals surface area contributed by atoms with Crippen LogP contribution in [0.4, 0.5) is 5.69 Å². The van der Waals surface area contributed by atoms with Crippen LogP contribution < -0.4 is 10.5 Å². The molecule has 0 saturated carbocycles. The van der Waals surface area contributed by atoms with Crippen molar-refractivity contribution in [1.29, 1.82) is 0 Å². The van der Waals surface area contributed by atoms with Gasteiger partial charge >= 0.3 is 0 Å². The number of anilines is 1. The van der Waals surface area contributed by atoms with Crippen molar-refractivity contribution in [1.82, 2.24) is 4.90 Å². The molecule has 0 aliphatic carbocycles. The van der Waals surface area contributed by atoms with Gasteiger partial charge in [0.2, 0.25) is 0 Å². The van der Waals surface area contributed by atoms with Gasteiger partial charge in [-0.25, -0.2) is 0 Å². The summed E-state index contributed by atoms with van der Waals surface area (Å²) in [6.07, 6.45) is 0.969. The molecular weight excluding hydrogens is 256 g/mol. The average molecular weight is 278 g/mol. The van der Waals surface area contributed by atoms with Crippen molar-refractivity contribution < 1.29 is 14.3 Å². The predicted octanol–water partition coefficient (Wildman–Crippen LogP) is 1.78. The molecule has 1 saturated heterocycles. The fourth-order valence-electron chi connectivity index (χ4n) is 2.60. The van der Waals surface area contributed by atoms with Crippen LogP contribution in [0.2, 0.25) is 0 Å². The summed E-state index contributed by atoms with van der Waals surface area (Å²) in [5.41, 5.74) is 6.91. The van der Waals surface area contributed by atoms with Crippen LogP contribution >= 0.6 is 0 Å². The lowest BCUT2D eigenvalue weighted by Gasteiger charge is -2.19. The van der Waals surface area contributed by atoms with Crippen LogP contribution in [0.25, 0.3) is 0 Å². The highest BCUT2D eigenvalue weighted by molar-refractivity contribution is 6.02. The minimum Gasteiger partial charge on any atom is -0.493 e. The molecule has 20 heavy (non-hydrogen) atoms. The molecular formula is C15H22N2O3. The van der Waals surface area contributed by atoms with Gasteiger partial charge in [-0.1, -0.05) is 6.07 Å². The maximum atomic E-state index is 12.6. The number of benzene rings is 1. The van der Waals surface area contributed by atoms with Crippen LogP contribution in [0, 0.1) is 5.92 Å². The average Bonchev–Trinajstić information content (AvgIpc) is 2.88. The second-order valence-corrected chi connectivity index (χ2v) is 5.01. The van der Waals surface area contributed by atoms with Gasteiger partial charge in [-0.05, 0) is 25.5 Å². The molecule has 1 heterocycles. The number of amides is 1. The minimum atomic E-state index is -0.0508. The summed E-state index contributed by atoms with van der Waals surface area (Å²) in [6.45, 7) is 4.55. The zero-order valence-electron chi connectivity index (χ0n) is 12.1. The molecule has 1 unspecified atom stereocenters. The summed E-state index contributed by atoms with van der Waals surface area (Å²) in [7, 11) is 1.69. The number of carbonyl (C=O) groups is 1. The summed E-state index contributed by atoms with van der Waals surface area (Å²) in [4.78, 5) is 14.5. The van der Waals surface area contributed by atoms with Gasteiger partial charge in [-0.15, -0.1) is 0 Å². The Morgan fingerprint density at radius 1 is 1.50 bits per heavy atom. The fourth-order valence-corrected chi connectivity index (χ4v) is 2.60. The summed E-state index contributed by atoms with van der Waals surface area (Å²) < 4.78 is 10.7. The van der Waals surface area contributed by atoms with Crippen molar-refractivity contribution in [2.24, 2.45) is 5.92 Å². The van der Waals surface area contributed by atoms with Gasteiger partial charge in [0.1, 0.15) is 11.3 Å². The number of carbonyl (C=O) groups excluding carboxylic acids is 1. The quantitative estimate of drug-likeness (QED) is 0.834.